The van der Waals surface area contributed by atoms with E-state index in [0.29, 0.717) is 18.8 Å². The molecule has 1 N–H and O–H groups in total. The van der Waals surface area contributed by atoms with E-state index in [1.165, 1.54) is 12.1 Å². The second kappa shape index (κ2) is 6.78. The number of rotatable bonds is 4. The first-order valence-corrected chi connectivity index (χ1v) is 7.78. The van der Waals surface area contributed by atoms with Crippen molar-refractivity contribution < 1.29 is 14.0 Å². The average Bonchev–Trinajstić information content (AvgIpc) is 2.87. The van der Waals surface area contributed by atoms with E-state index in [2.05, 4.69) is 10.3 Å². The number of aromatic nitrogens is 1. The molecule has 0 saturated carbocycles. The number of likely N-dealkylation sites (tertiary alicyclic amines) is 1. The van der Waals surface area contributed by atoms with E-state index in [1.807, 2.05) is 13.0 Å². The van der Waals surface area contributed by atoms with Crippen LogP contribution in [0.15, 0.2) is 42.5 Å². The number of hydrogen-bond acceptors (Lipinski definition) is 3. The maximum atomic E-state index is 13.2. The molecular formula is C18H18FN3O2. The lowest BCUT2D eigenvalue weighted by atomic mass is 10.2. The molecule has 1 atom stereocenters. The molecule has 6 heteroatoms. The highest BCUT2D eigenvalue weighted by Crippen LogP contribution is 2.16. The smallest absolute Gasteiger partial charge is 0.270 e. The zero-order valence-electron chi connectivity index (χ0n) is 13.3. The second-order valence-corrected chi connectivity index (χ2v) is 5.94. The van der Waals surface area contributed by atoms with Crippen LogP contribution in [0.1, 0.15) is 28.2 Å². The first-order valence-electron chi connectivity index (χ1n) is 7.78. The van der Waals surface area contributed by atoms with E-state index in [4.69, 9.17) is 0 Å². The lowest BCUT2D eigenvalue weighted by Crippen LogP contribution is -2.37. The Labute approximate surface area is 139 Å². The molecule has 2 heterocycles. The summed E-state index contributed by atoms with van der Waals surface area (Å²) in [5.74, 6) is -0.666. The number of benzene rings is 1. The normalized spacial score (nSPS) is 17.2. The highest BCUT2D eigenvalue weighted by Gasteiger charge is 2.30. The highest BCUT2D eigenvalue weighted by molar-refractivity contribution is 5.93. The predicted molar refractivity (Wildman–Crippen MR) is 86.7 cm³/mol. The lowest BCUT2D eigenvalue weighted by molar-refractivity contribution is -0.128. The SMILES string of the molecule is Cc1cccc(C(=O)NC2CC(=O)N(Cc3cccc(F)c3)C2)n1. The molecule has 1 fully saturated rings. The molecule has 3 rings (SSSR count). The topological polar surface area (TPSA) is 62.3 Å². The minimum Gasteiger partial charge on any atom is -0.346 e. The number of carbonyl (C=O) groups is 2. The third-order valence-corrected chi connectivity index (χ3v) is 3.93. The fourth-order valence-corrected chi connectivity index (χ4v) is 2.81. The first kappa shape index (κ1) is 16.1. The number of nitrogens with zero attached hydrogens (tertiary/aromatic N) is 2. The summed E-state index contributed by atoms with van der Waals surface area (Å²) in [5, 5.41) is 2.84. The Morgan fingerprint density at radius 3 is 2.88 bits per heavy atom. The molecule has 1 aromatic heterocycles. The quantitative estimate of drug-likeness (QED) is 0.935. The Balaban J connectivity index is 1.61. The van der Waals surface area contributed by atoms with Crippen LogP contribution in [-0.2, 0) is 11.3 Å². The molecule has 5 nitrogen and oxygen atoms in total. The number of halogens is 1. The van der Waals surface area contributed by atoms with Crippen LogP contribution in [0, 0.1) is 12.7 Å². The molecule has 1 aliphatic heterocycles. The summed E-state index contributed by atoms with van der Waals surface area (Å²) in [6.45, 7) is 2.56. The van der Waals surface area contributed by atoms with Gasteiger partial charge in [0, 0.05) is 25.2 Å². The standard InChI is InChI=1S/C18H18FN3O2/c1-12-4-2-7-16(20-12)18(24)21-15-9-17(23)22(11-15)10-13-5-3-6-14(19)8-13/h2-8,15H,9-11H2,1H3,(H,21,24). The molecule has 2 aromatic rings. The molecular weight excluding hydrogens is 309 g/mol. The van der Waals surface area contributed by atoms with Gasteiger partial charge in [-0.25, -0.2) is 9.37 Å². The molecule has 0 aliphatic carbocycles. The Morgan fingerprint density at radius 2 is 2.12 bits per heavy atom. The van der Waals surface area contributed by atoms with Gasteiger partial charge in [-0.2, -0.15) is 0 Å². The van der Waals surface area contributed by atoms with Gasteiger partial charge in [0.1, 0.15) is 11.5 Å². The summed E-state index contributed by atoms with van der Waals surface area (Å²) in [4.78, 5) is 30.1. The van der Waals surface area contributed by atoms with E-state index in [9.17, 15) is 14.0 Å². The van der Waals surface area contributed by atoms with Crippen LogP contribution in [0.25, 0.3) is 0 Å². The lowest BCUT2D eigenvalue weighted by Gasteiger charge is -2.17. The van der Waals surface area contributed by atoms with Crippen LogP contribution in [0.3, 0.4) is 0 Å². The van der Waals surface area contributed by atoms with Gasteiger partial charge in [-0.1, -0.05) is 18.2 Å². The third kappa shape index (κ3) is 3.76. The first-order chi connectivity index (χ1) is 11.5. The third-order valence-electron chi connectivity index (χ3n) is 3.93. The molecule has 1 aromatic carbocycles. The number of nitrogens with one attached hydrogen (secondary N) is 1. The predicted octanol–water partition coefficient (Wildman–Crippen LogP) is 2.06. The monoisotopic (exact) mass is 327 g/mol. The van der Waals surface area contributed by atoms with Gasteiger partial charge in [-0.3, -0.25) is 9.59 Å². The van der Waals surface area contributed by atoms with Crippen molar-refractivity contribution in [3.05, 3.63) is 65.2 Å². The minimum atomic E-state index is -0.325. The van der Waals surface area contributed by atoms with Gasteiger partial charge in [0.05, 0.1) is 6.04 Å². The maximum absolute atomic E-state index is 13.2. The number of pyridine rings is 1. The molecule has 124 valence electrons. The van der Waals surface area contributed by atoms with Gasteiger partial charge in [0.15, 0.2) is 0 Å². The van der Waals surface area contributed by atoms with Crippen LogP contribution in [0.4, 0.5) is 4.39 Å². The van der Waals surface area contributed by atoms with Gasteiger partial charge in [0.2, 0.25) is 5.91 Å². The van der Waals surface area contributed by atoms with Crippen molar-refractivity contribution in [2.45, 2.75) is 25.9 Å². The van der Waals surface area contributed by atoms with E-state index >= 15 is 0 Å². The van der Waals surface area contributed by atoms with Crippen molar-refractivity contribution in [1.29, 1.82) is 0 Å². The molecule has 24 heavy (non-hydrogen) atoms. The number of amides is 2. The Bertz CT molecular complexity index is 778. The number of hydrogen-bond donors (Lipinski definition) is 1. The summed E-state index contributed by atoms with van der Waals surface area (Å²) in [7, 11) is 0. The summed E-state index contributed by atoms with van der Waals surface area (Å²) in [5.41, 5.74) is 1.83. The van der Waals surface area contributed by atoms with Crippen LogP contribution < -0.4 is 5.32 Å². The molecule has 1 saturated heterocycles. The van der Waals surface area contributed by atoms with Crippen molar-refractivity contribution in [2.24, 2.45) is 0 Å². The fourth-order valence-electron chi connectivity index (χ4n) is 2.81. The highest BCUT2D eigenvalue weighted by atomic mass is 19.1. The van der Waals surface area contributed by atoms with Gasteiger partial charge in [-0.05, 0) is 36.8 Å². The summed E-state index contributed by atoms with van der Waals surface area (Å²) in [6, 6.07) is 11.1. The maximum Gasteiger partial charge on any atom is 0.270 e. The van der Waals surface area contributed by atoms with Crippen LogP contribution >= 0.6 is 0 Å². The van der Waals surface area contributed by atoms with Crippen molar-refractivity contribution in [2.75, 3.05) is 6.54 Å². The van der Waals surface area contributed by atoms with Gasteiger partial charge in [-0.15, -0.1) is 0 Å². The average molecular weight is 327 g/mol. The van der Waals surface area contributed by atoms with Gasteiger partial charge < -0.3 is 10.2 Å². The van der Waals surface area contributed by atoms with Crippen molar-refractivity contribution in [3.63, 3.8) is 0 Å². The fraction of sp³-hybridized carbons (Fsp3) is 0.278. The molecule has 0 radical (unpaired) electrons. The van der Waals surface area contributed by atoms with E-state index in [-0.39, 0.29) is 30.1 Å². The molecule has 1 unspecified atom stereocenters. The van der Waals surface area contributed by atoms with Crippen molar-refractivity contribution >= 4 is 11.8 Å². The molecule has 0 bridgehead atoms. The van der Waals surface area contributed by atoms with Gasteiger partial charge >= 0.3 is 0 Å². The summed E-state index contributed by atoms with van der Waals surface area (Å²) < 4.78 is 13.2. The minimum absolute atomic E-state index is 0.0539. The molecule has 2 amide bonds. The molecule has 1 aliphatic rings. The largest absolute Gasteiger partial charge is 0.346 e. The summed E-state index contributed by atoms with van der Waals surface area (Å²) in [6.07, 6.45) is 0.243. The van der Waals surface area contributed by atoms with Crippen LogP contribution in [0.2, 0.25) is 0 Å². The van der Waals surface area contributed by atoms with Crippen LogP contribution in [-0.4, -0.2) is 34.3 Å². The zero-order chi connectivity index (χ0) is 17.1. The van der Waals surface area contributed by atoms with E-state index in [1.54, 1.807) is 29.2 Å². The van der Waals surface area contributed by atoms with Crippen molar-refractivity contribution in [1.82, 2.24) is 15.2 Å². The number of carbonyl (C=O) groups excluding carboxylic acids is 2. The Kier molecular flexibility index (Phi) is 4.55. The van der Waals surface area contributed by atoms with E-state index < -0.39 is 0 Å². The Hall–Kier alpha value is -2.76. The van der Waals surface area contributed by atoms with Crippen molar-refractivity contribution in [3.8, 4) is 0 Å². The van der Waals surface area contributed by atoms with Crippen LogP contribution in [0.5, 0.6) is 0 Å². The van der Waals surface area contributed by atoms with E-state index in [0.717, 1.165) is 11.3 Å². The summed E-state index contributed by atoms with van der Waals surface area (Å²) >= 11 is 0. The molecule has 0 spiro atoms. The Morgan fingerprint density at radius 1 is 1.33 bits per heavy atom. The second-order valence-electron chi connectivity index (χ2n) is 5.94. The number of aryl methyl sites for hydroxylation is 1. The zero-order valence-corrected chi connectivity index (χ0v) is 13.3. The van der Waals surface area contributed by atoms with Gasteiger partial charge in [0.25, 0.3) is 5.91 Å².